The molecule has 2 N–H and O–H groups in total. The lowest BCUT2D eigenvalue weighted by Crippen LogP contribution is -2.39. The number of benzene rings is 2. The molecule has 0 saturated carbocycles. The number of rotatable bonds is 8. The third kappa shape index (κ3) is 5.54. The summed E-state index contributed by atoms with van der Waals surface area (Å²) in [5.41, 5.74) is 0.147. The van der Waals surface area contributed by atoms with Crippen molar-refractivity contribution < 1.29 is 14.0 Å². The molecule has 0 fully saturated rings. The van der Waals surface area contributed by atoms with Gasteiger partial charge in [0.15, 0.2) is 0 Å². The Balaban J connectivity index is 1.67. The lowest BCUT2D eigenvalue weighted by Gasteiger charge is -2.15. The third-order valence-electron chi connectivity index (χ3n) is 5.46. The van der Waals surface area contributed by atoms with Crippen molar-refractivity contribution in [3.05, 3.63) is 72.2 Å². The molecule has 10 heteroatoms. The van der Waals surface area contributed by atoms with Gasteiger partial charge >= 0.3 is 5.69 Å². The second-order valence-corrected chi connectivity index (χ2v) is 9.25. The standard InChI is InChI=1S/C24H26FIN4O4/c1-4-29-20-9-7-16(12-18(20)23(33)30(5-2)24(29)34)28-21(31)10-14(3)13-27-22(32)17-8-6-15(26)11-19(17)25/h6-9,11-12,14H,4-5,10,13H2,1-3H3,(H,27,32)(H,28,31). The van der Waals surface area contributed by atoms with Crippen LogP contribution in [-0.2, 0) is 17.9 Å². The van der Waals surface area contributed by atoms with Crippen LogP contribution in [0.15, 0.2) is 46.0 Å². The summed E-state index contributed by atoms with van der Waals surface area (Å²) in [6.45, 7) is 6.21. The Kier molecular flexibility index (Phi) is 8.24. The summed E-state index contributed by atoms with van der Waals surface area (Å²) in [4.78, 5) is 50.0. The van der Waals surface area contributed by atoms with E-state index in [2.05, 4.69) is 10.6 Å². The number of aryl methyl sites for hydroxylation is 1. The van der Waals surface area contributed by atoms with Crippen LogP contribution in [0.3, 0.4) is 0 Å². The van der Waals surface area contributed by atoms with Gasteiger partial charge < -0.3 is 10.6 Å². The number of carbonyl (C=O) groups is 2. The van der Waals surface area contributed by atoms with Crippen molar-refractivity contribution in [1.29, 1.82) is 0 Å². The van der Waals surface area contributed by atoms with Gasteiger partial charge in [0.05, 0.1) is 16.5 Å². The second kappa shape index (κ2) is 10.9. The molecule has 34 heavy (non-hydrogen) atoms. The van der Waals surface area contributed by atoms with Crippen molar-refractivity contribution in [2.24, 2.45) is 5.92 Å². The zero-order valence-corrected chi connectivity index (χ0v) is 21.3. The molecule has 3 aromatic rings. The molecule has 0 radical (unpaired) electrons. The lowest BCUT2D eigenvalue weighted by molar-refractivity contribution is -0.116. The molecule has 0 saturated heterocycles. The highest BCUT2D eigenvalue weighted by Gasteiger charge is 2.16. The van der Waals surface area contributed by atoms with E-state index in [-0.39, 0.29) is 42.6 Å². The van der Waals surface area contributed by atoms with Crippen LogP contribution in [0.4, 0.5) is 10.1 Å². The van der Waals surface area contributed by atoms with Gasteiger partial charge in [-0.2, -0.15) is 0 Å². The number of anilines is 1. The van der Waals surface area contributed by atoms with Gasteiger partial charge in [-0.1, -0.05) is 6.92 Å². The first-order chi connectivity index (χ1) is 16.2. The number of halogens is 2. The minimum atomic E-state index is -0.596. The van der Waals surface area contributed by atoms with Crippen molar-refractivity contribution in [3.8, 4) is 0 Å². The molecule has 8 nitrogen and oxygen atoms in total. The van der Waals surface area contributed by atoms with E-state index in [1.165, 1.54) is 21.3 Å². The molecular formula is C24H26FIN4O4. The minimum Gasteiger partial charge on any atom is -0.352 e. The van der Waals surface area contributed by atoms with Crippen LogP contribution >= 0.6 is 22.6 Å². The van der Waals surface area contributed by atoms with Crippen LogP contribution < -0.4 is 21.9 Å². The zero-order valence-electron chi connectivity index (χ0n) is 19.2. The Morgan fingerprint density at radius 2 is 1.76 bits per heavy atom. The van der Waals surface area contributed by atoms with Crippen LogP contribution in [0.1, 0.15) is 37.6 Å². The molecule has 0 spiro atoms. The molecule has 3 rings (SSSR count). The summed E-state index contributed by atoms with van der Waals surface area (Å²) in [5, 5.41) is 5.77. The molecule has 1 atom stereocenters. The molecular weight excluding hydrogens is 554 g/mol. The van der Waals surface area contributed by atoms with E-state index in [9.17, 15) is 23.6 Å². The number of aromatic nitrogens is 2. The SMILES string of the molecule is CCn1c(=O)c2cc(NC(=O)CC(C)CNC(=O)c3ccc(I)cc3F)ccc2n(CC)c1=O. The maximum Gasteiger partial charge on any atom is 0.331 e. The maximum absolute atomic E-state index is 14.0. The van der Waals surface area contributed by atoms with Gasteiger partial charge in [0.25, 0.3) is 11.5 Å². The quantitative estimate of drug-likeness (QED) is 0.399. The normalized spacial score (nSPS) is 11.9. The van der Waals surface area contributed by atoms with E-state index in [1.54, 1.807) is 38.1 Å². The van der Waals surface area contributed by atoms with E-state index >= 15 is 0 Å². The Bertz CT molecular complexity index is 1370. The average molecular weight is 580 g/mol. The summed E-state index contributed by atoms with van der Waals surface area (Å²) in [6.07, 6.45) is 0.112. The van der Waals surface area contributed by atoms with Crippen molar-refractivity contribution in [2.45, 2.75) is 40.3 Å². The van der Waals surface area contributed by atoms with Crippen molar-refractivity contribution in [2.75, 3.05) is 11.9 Å². The summed E-state index contributed by atoms with van der Waals surface area (Å²) in [6, 6.07) is 9.22. The van der Waals surface area contributed by atoms with Crippen LogP contribution in [-0.4, -0.2) is 27.5 Å². The van der Waals surface area contributed by atoms with E-state index in [4.69, 9.17) is 0 Å². The molecule has 1 heterocycles. The van der Waals surface area contributed by atoms with Gasteiger partial charge in [0, 0.05) is 35.3 Å². The van der Waals surface area contributed by atoms with Crippen molar-refractivity contribution in [1.82, 2.24) is 14.5 Å². The summed E-state index contributed by atoms with van der Waals surface area (Å²) in [7, 11) is 0. The molecule has 2 amide bonds. The maximum atomic E-state index is 14.0. The number of nitrogens with zero attached hydrogens (tertiary/aromatic N) is 2. The summed E-state index contributed by atoms with van der Waals surface area (Å²) < 4.78 is 17.3. The molecule has 0 bridgehead atoms. The number of nitrogens with one attached hydrogen (secondary N) is 2. The van der Waals surface area contributed by atoms with Gasteiger partial charge in [-0.3, -0.25) is 23.5 Å². The van der Waals surface area contributed by atoms with Gasteiger partial charge in [0.1, 0.15) is 5.82 Å². The molecule has 2 aromatic carbocycles. The first-order valence-electron chi connectivity index (χ1n) is 11.0. The largest absolute Gasteiger partial charge is 0.352 e. The number of carbonyl (C=O) groups excluding carboxylic acids is 2. The molecule has 0 aliphatic carbocycles. The van der Waals surface area contributed by atoms with Crippen LogP contribution in [0, 0.1) is 15.3 Å². The Hall–Kier alpha value is -3.02. The van der Waals surface area contributed by atoms with Gasteiger partial charge in [0.2, 0.25) is 5.91 Å². The smallest absolute Gasteiger partial charge is 0.331 e. The Labute approximate surface area is 209 Å². The minimum absolute atomic E-state index is 0.0449. The number of hydrogen-bond acceptors (Lipinski definition) is 4. The fourth-order valence-electron chi connectivity index (χ4n) is 3.72. The summed E-state index contributed by atoms with van der Waals surface area (Å²) >= 11 is 1.96. The van der Waals surface area contributed by atoms with Crippen LogP contribution in [0.5, 0.6) is 0 Å². The highest BCUT2D eigenvalue weighted by molar-refractivity contribution is 14.1. The van der Waals surface area contributed by atoms with Gasteiger partial charge in [-0.05, 0) is 78.8 Å². The van der Waals surface area contributed by atoms with Gasteiger partial charge in [-0.25, -0.2) is 9.18 Å². The highest BCUT2D eigenvalue weighted by atomic mass is 127. The topological polar surface area (TPSA) is 102 Å². The summed E-state index contributed by atoms with van der Waals surface area (Å²) in [5.74, 6) is -1.63. The molecule has 180 valence electrons. The number of amides is 2. The highest BCUT2D eigenvalue weighted by Crippen LogP contribution is 2.17. The first-order valence-corrected chi connectivity index (χ1v) is 12.0. The van der Waals surface area contributed by atoms with Crippen LogP contribution in [0.2, 0.25) is 0 Å². The van der Waals surface area contributed by atoms with Crippen molar-refractivity contribution in [3.63, 3.8) is 0 Å². The molecule has 0 aliphatic rings. The van der Waals surface area contributed by atoms with Crippen LogP contribution in [0.25, 0.3) is 10.9 Å². The number of fused-ring (bicyclic) bond motifs is 1. The van der Waals surface area contributed by atoms with Crippen molar-refractivity contribution >= 4 is 51.0 Å². The lowest BCUT2D eigenvalue weighted by atomic mass is 10.1. The third-order valence-corrected chi connectivity index (χ3v) is 6.13. The Morgan fingerprint density at radius 3 is 2.41 bits per heavy atom. The fourth-order valence-corrected chi connectivity index (χ4v) is 4.18. The monoisotopic (exact) mass is 580 g/mol. The van der Waals surface area contributed by atoms with E-state index in [0.29, 0.717) is 26.7 Å². The fraction of sp³-hybridized carbons (Fsp3) is 0.333. The Morgan fingerprint density at radius 1 is 1.06 bits per heavy atom. The van der Waals surface area contributed by atoms with E-state index < -0.39 is 17.3 Å². The number of hydrogen-bond donors (Lipinski definition) is 2. The molecule has 1 aromatic heterocycles. The first kappa shape index (κ1) is 25.6. The molecule has 1 unspecified atom stereocenters. The predicted molar refractivity (Wildman–Crippen MR) is 138 cm³/mol. The molecule has 0 aliphatic heterocycles. The zero-order chi connectivity index (χ0) is 25.0. The predicted octanol–water partition coefficient (Wildman–Crippen LogP) is 3.34. The second-order valence-electron chi connectivity index (χ2n) is 8.00. The average Bonchev–Trinajstić information content (AvgIpc) is 2.78. The van der Waals surface area contributed by atoms with E-state index in [1.807, 2.05) is 29.5 Å². The van der Waals surface area contributed by atoms with E-state index in [0.717, 1.165) is 0 Å². The van der Waals surface area contributed by atoms with Gasteiger partial charge in [-0.15, -0.1) is 0 Å².